The molecular formula is C36H52N6O8. The van der Waals surface area contributed by atoms with Crippen LogP contribution in [-0.2, 0) is 33.5 Å². The van der Waals surface area contributed by atoms with Crippen LogP contribution in [0.4, 0.5) is 4.79 Å². The fourth-order valence-corrected chi connectivity index (χ4v) is 6.67. The number of likely N-dealkylation sites (tertiary alicyclic amines) is 1. The van der Waals surface area contributed by atoms with Crippen molar-refractivity contribution in [1.29, 1.82) is 0 Å². The lowest BCUT2D eigenvalue weighted by Gasteiger charge is -2.35. The number of nitrogens with two attached hydrogens (primary N) is 1. The number of alkyl carbamates (subject to hydrolysis) is 1. The summed E-state index contributed by atoms with van der Waals surface area (Å²) < 4.78 is 5.46. The predicted octanol–water partition coefficient (Wildman–Crippen LogP) is 2.15. The van der Waals surface area contributed by atoms with Crippen molar-refractivity contribution in [2.24, 2.45) is 17.6 Å². The van der Waals surface area contributed by atoms with Crippen LogP contribution in [0.5, 0.6) is 0 Å². The number of nitrogens with one attached hydrogen (secondary N) is 4. The third-order valence-electron chi connectivity index (χ3n) is 9.47. The highest BCUT2D eigenvalue weighted by atomic mass is 16.6. The van der Waals surface area contributed by atoms with E-state index in [1.54, 1.807) is 51.1 Å². The van der Waals surface area contributed by atoms with Gasteiger partial charge in [0.15, 0.2) is 0 Å². The molecule has 1 saturated heterocycles. The van der Waals surface area contributed by atoms with Crippen LogP contribution in [0.3, 0.4) is 0 Å². The second-order valence-electron chi connectivity index (χ2n) is 14.8. The number of ketones is 1. The van der Waals surface area contributed by atoms with E-state index in [1.165, 1.54) is 11.8 Å². The molecule has 0 aromatic heterocycles. The largest absolute Gasteiger partial charge is 0.444 e. The van der Waals surface area contributed by atoms with Crippen molar-refractivity contribution in [2.75, 3.05) is 6.54 Å². The van der Waals surface area contributed by atoms with Gasteiger partial charge in [-0.15, -0.1) is 0 Å². The minimum atomic E-state index is -1.20. The van der Waals surface area contributed by atoms with E-state index in [1.807, 2.05) is 0 Å². The standard InChI is InChI=1S/C36H52N6O8/c1-21(31(45)40-27(30(37)44)23-12-7-5-8-13-23)38-33(47)29(43)25(20-22-17-18-22)39-32(46)26-16-11-19-42(26)34(48)28(24-14-9-6-10-15-24)41-35(49)50-36(2,3)4/h5,7-8,12-13,21-22,24-28H,6,9-11,14-20H2,1-4H3,(H2,37,44)(H,38,47)(H,39,46)(H,40,45)(H,41,49)/t21-,25?,26-,27-,28-/m0/s1. The van der Waals surface area contributed by atoms with Gasteiger partial charge in [-0.1, -0.05) is 62.4 Å². The average molecular weight is 697 g/mol. The fraction of sp³-hybridized carbons (Fsp3) is 0.639. The quantitative estimate of drug-likeness (QED) is 0.182. The van der Waals surface area contributed by atoms with Crippen LogP contribution < -0.4 is 27.0 Å². The fourth-order valence-electron chi connectivity index (χ4n) is 6.67. The molecule has 3 aliphatic rings. The monoisotopic (exact) mass is 696 g/mol. The number of ether oxygens (including phenoxy) is 1. The molecule has 6 amide bonds. The number of carbonyl (C=O) groups excluding carboxylic acids is 7. The molecule has 1 aromatic carbocycles. The van der Waals surface area contributed by atoms with Gasteiger partial charge in [-0.05, 0) is 77.2 Å². The van der Waals surface area contributed by atoms with Crippen molar-refractivity contribution in [3.63, 3.8) is 0 Å². The van der Waals surface area contributed by atoms with Gasteiger partial charge in [-0.3, -0.25) is 28.8 Å². The van der Waals surface area contributed by atoms with Crippen molar-refractivity contribution in [3.8, 4) is 0 Å². The minimum Gasteiger partial charge on any atom is -0.444 e. The Balaban J connectivity index is 1.41. The number of primary amides is 1. The van der Waals surface area contributed by atoms with Gasteiger partial charge in [0.25, 0.3) is 5.91 Å². The lowest BCUT2D eigenvalue weighted by molar-refractivity contribution is -0.144. The van der Waals surface area contributed by atoms with Crippen LogP contribution in [0.1, 0.15) is 104 Å². The number of rotatable bonds is 14. The highest BCUT2D eigenvalue weighted by Gasteiger charge is 2.43. The van der Waals surface area contributed by atoms with E-state index in [0.717, 1.165) is 44.9 Å². The van der Waals surface area contributed by atoms with Gasteiger partial charge in [-0.2, -0.15) is 0 Å². The van der Waals surface area contributed by atoms with Gasteiger partial charge in [0.2, 0.25) is 29.4 Å². The van der Waals surface area contributed by atoms with Gasteiger partial charge in [0, 0.05) is 6.54 Å². The zero-order valence-electron chi connectivity index (χ0n) is 29.5. The Morgan fingerprint density at radius 1 is 0.860 bits per heavy atom. The van der Waals surface area contributed by atoms with Gasteiger partial charge in [-0.25, -0.2) is 4.79 Å². The van der Waals surface area contributed by atoms with Gasteiger partial charge >= 0.3 is 6.09 Å². The molecule has 1 aromatic rings. The topological polar surface area (TPSA) is 206 Å². The van der Waals surface area contributed by atoms with Crippen LogP contribution in [0, 0.1) is 11.8 Å². The molecule has 4 rings (SSSR count). The van der Waals surface area contributed by atoms with Crippen LogP contribution >= 0.6 is 0 Å². The Kier molecular flexibility index (Phi) is 13.0. The average Bonchev–Trinajstić information content (AvgIpc) is 3.75. The minimum absolute atomic E-state index is 0.105. The van der Waals surface area contributed by atoms with E-state index in [-0.39, 0.29) is 24.2 Å². The number of Topliss-reactive ketones (excluding diaryl/α,β-unsaturated/α-hetero) is 1. The van der Waals surface area contributed by atoms with Crippen LogP contribution in [-0.4, -0.2) is 82.6 Å². The SMILES string of the molecule is C[C@H](NC(=O)C(=O)C(CC1CC1)NC(=O)[C@@H]1CCCN1C(=O)[C@@H](NC(=O)OC(C)(C)C)C1CCCCC1)C(=O)N[C@H](C(N)=O)c1ccccc1. The van der Waals surface area contributed by atoms with E-state index < -0.39 is 71.3 Å². The van der Waals surface area contributed by atoms with Crippen LogP contribution in [0.2, 0.25) is 0 Å². The molecule has 3 fully saturated rings. The van der Waals surface area contributed by atoms with Crippen molar-refractivity contribution >= 4 is 41.4 Å². The third-order valence-corrected chi connectivity index (χ3v) is 9.47. The first-order valence-corrected chi connectivity index (χ1v) is 17.7. The van der Waals surface area contributed by atoms with E-state index in [4.69, 9.17) is 10.5 Å². The molecule has 0 bridgehead atoms. The molecule has 0 radical (unpaired) electrons. The second-order valence-corrected chi connectivity index (χ2v) is 14.8. The lowest BCUT2D eigenvalue weighted by atomic mass is 9.83. The maximum absolute atomic E-state index is 14.0. The van der Waals surface area contributed by atoms with Crippen LogP contribution in [0.15, 0.2) is 30.3 Å². The summed E-state index contributed by atoms with van der Waals surface area (Å²) in [5.41, 5.74) is 5.20. The summed E-state index contributed by atoms with van der Waals surface area (Å²) in [6, 6.07) is 3.10. The summed E-state index contributed by atoms with van der Waals surface area (Å²) in [5, 5.41) is 10.4. The summed E-state index contributed by atoms with van der Waals surface area (Å²) in [6.45, 7) is 6.90. The second kappa shape index (κ2) is 16.9. The Labute approximate surface area is 293 Å². The summed E-state index contributed by atoms with van der Waals surface area (Å²) in [4.78, 5) is 93.6. The molecule has 1 heterocycles. The molecule has 5 atom stereocenters. The molecule has 1 aliphatic heterocycles. The maximum Gasteiger partial charge on any atom is 0.408 e. The third kappa shape index (κ3) is 10.8. The van der Waals surface area contributed by atoms with E-state index in [9.17, 15) is 33.6 Å². The molecule has 1 unspecified atom stereocenters. The number of hydrogen-bond donors (Lipinski definition) is 5. The number of hydrogen-bond acceptors (Lipinski definition) is 8. The van der Waals surface area contributed by atoms with Crippen LogP contribution in [0.25, 0.3) is 0 Å². The van der Waals surface area contributed by atoms with E-state index in [2.05, 4.69) is 21.3 Å². The number of nitrogens with zero attached hydrogens (tertiary/aromatic N) is 1. The number of carbonyl (C=O) groups is 7. The molecule has 14 heteroatoms. The van der Waals surface area contributed by atoms with Crippen molar-refractivity contribution in [1.82, 2.24) is 26.2 Å². The normalized spacial score (nSPS) is 20.4. The molecule has 14 nitrogen and oxygen atoms in total. The zero-order chi connectivity index (χ0) is 36.6. The molecule has 2 aliphatic carbocycles. The Morgan fingerprint density at radius 3 is 2.12 bits per heavy atom. The predicted molar refractivity (Wildman–Crippen MR) is 183 cm³/mol. The smallest absolute Gasteiger partial charge is 0.408 e. The number of benzene rings is 1. The first-order valence-electron chi connectivity index (χ1n) is 17.7. The Hall–Kier alpha value is -4.49. The first-order chi connectivity index (χ1) is 23.6. The summed E-state index contributed by atoms with van der Waals surface area (Å²) in [5.74, 6) is -4.38. The Morgan fingerprint density at radius 2 is 1.52 bits per heavy atom. The summed E-state index contributed by atoms with van der Waals surface area (Å²) in [6.07, 6.45) is 6.58. The molecular weight excluding hydrogens is 644 g/mol. The van der Waals surface area contributed by atoms with Crippen molar-refractivity contribution in [2.45, 2.75) is 128 Å². The molecule has 50 heavy (non-hydrogen) atoms. The van der Waals surface area contributed by atoms with E-state index in [0.29, 0.717) is 24.9 Å². The molecule has 274 valence electrons. The highest BCUT2D eigenvalue weighted by Crippen LogP contribution is 2.34. The number of amides is 6. The first kappa shape index (κ1) is 38.3. The summed E-state index contributed by atoms with van der Waals surface area (Å²) in [7, 11) is 0. The van der Waals surface area contributed by atoms with Gasteiger partial charge in [0.1, 0.15) is 29.8 Å². The van der Waals surface area contributed by atoms with Gasteiger partial charge in [0.05, 0.1) is 6.04 Å². The van der Waals surface area contributed by atoms with Crippen molar-refractivity contribution in [3.05, 3.63) is 35.9 Å². The zero-order valence-corrected chi connectivity index (χ0v) is 29.5. The van der Waals surface area contributed by atoms with E-state index >= 15 is 0 Å². The Bertz CT molecular complexity index is 1420. The van der Waals surface area contributed by atoms with Gasteiger partial charge < -0.3 is 36.6 Å². The highest BCUT2D eigenvalue weighted by molar-refractivity contribution is 6.38. The summed E-state index contributed by atoms with van der Waals surface area (Å²) >= 11 is 0. The maximum atomic E-state index is 14.0. The molecule has 0 spiro atoms. The molecule has 6 N–H and O–H groups in total. The lowest BCUT2D eigenvalue weighted by Crippen LogP contribution is -2.58. The molecule has 2 saturated carbocycles. The van der Waals surface area contributed by atoms with Crippen molar-refractivity contribution < 1.29 is 38.3 Å².